The number of carbonyl (C=O) groups excluding carboxylic acids is 1. The molecule has 0 amide bonds. The summed E-state index contributed by atoms with van der Waals surface area (Å²) in [4.78, 5) is 19.1. The number of hydrogen-bond donors (Lipinski definition) is 2. The van der Waals surface area contributed by atoms with Crippen LogP contribution in [-0.4, -0.2) is 29.2 Å². The smallest absolute Gasteiger partial charge is 0.394 e. The number of aliphatic hydroxyl groups is 1. The highest BCUT2D eigenvalue weighted by molar-refractivity contribution is 7.48. The summed E-state index contributed by atoms with van der Waals surface area (Å²) in [6, 6.07) is 0. The number of carbonyl (C=O) groups is 1. The highest BCUT2D eigenvalue weighted by atomic mass is 31.2. The molecule has 0 radical (unpaired) electrons. The molecule has 70 valence electrons. The van der Waals surface area contributed by atoms with Crippen molar-refractivity contribution in [2.75, 3.05) is 13.2 Å². The molecule has 0 saturated heterocycles. The fourth-order valence-electron chi connectivity index (χ4n) is 0.334. The zero-order valence-electron chi connectivity index (χ0n) is 6.17. The van der Waals surface area contributed by atoms with Crippen molar-refractivity contribution < 1.29 is 28.4 Å². The lowest BCUT2D eigenvalue weighted by molar-refractivity contribution is -0.130. The van der Waals surface area contributed by atoms with Gasteiger partial charge in [-0.05, 0) is 0 Å². The molecule has 2 N–H and O–H groups in total. The van der Waals surface area contributed by atoms with Crippen LogP contribution < -0.4 is 0 Å². The highest BCUT2D eigenvalue weighted by Crippen LogP contribution is 2.42. The van der Waals surface area contributed by atoms with Gasteiger partial charge in [-0.25, -0.2) is 9.36 Å². The SMILES string of the molecule is C=CC(=O)OP(=O)(O)OCCO. The van der Waals surface area contributed by atoms with E-state index in [0.717, 1.165) is 6.08 Å². The molecule has 0 rings (SSSR count). The van der Waals surface area contributed by atoms with Crippen molar-refractivity contribution in [2.24, 2.45) is 0 Å². The summed E-state index contributed by atoms with van der Waals surface area (Å²) in [6.07, 6.45) is 0.727. The Balaban J connectivity index is 3.95. The number of rotatable bonds is 5. The number of hydrogen-bond acceptors (Lipinski definition) is 5. The summed E-state index contributed by atoms with van der Waals surface area (Å²) < 4.78 is 18.7. The van der Waals surface area contributed by atoms with Gasteiger partial charge in [0.2, 0.25) is 0 Å². The highest BCUT2D eigenvalue weighted by Gasteiger charge is 2.24. The predicted octanol–water partition coefficient (Wildman–Crippen LogP) is -0.175. The summed E-state index contributed by atoms with van der Waals surface area (Å²) >= 11 is 0. The topological polar surface area (TPSA) is 93.1 Å². The first-order valence-corrected chi connectivity index (χ1v) is 4.45. The minimum atomic E-state index is -4.36. The zero-order chi connectivity index (χ0) is 9.61. The molecule has 12 heavy (non-hydrogen) atoms. The van der Waals surface area contributed by atoms with Gasteiger partial charge >= 0.3 is 13.8 Å². The van der Waals surface area contributed by atoms with E-state index in [2.05, 4.69) is 15.6 Å². The van der Waals surface area contributed by atoms with Gasteiger partial charge in [-0.2, -0.15) is 0 Å². The van der Waals surface area contributed by atoms with Crippen LogP contribution in [0.1, 0.15) is 0 Å². The summed E-state index contributed by atoms with van der Waals surface area (Å²) in [5.74, 6) is -1.06. The predicted molar refractivity (Wildman–Crippen MR) is 39.2 cm³/mol. The van der Waals surface area contributed by atoms with Crippen LogP contribution in [0.25, 0.3) is 0 Å². The van der Waals surface area contributed by atoms with Gasteiger partial charge < -0.3 is 9.63 Å². The molecule has 0 heterocycles. The molecule has 0 aromatic carbocycles. The van der Waals surface area contributed by atoms with Crippen LogP contribution >= 0.6 is 7.82 Å². The Bertz CT molecular complexity index is 212. The quantitative estimate of drug-likeness (QED) is 0.468. The second kappa shape index (κ2) is 5.05. The Labute approximate surface area is 69.0 Å². The summed E-state index contributed by atoms with van der Waals surface area (Å²) in [5, 5.41) is 8.20. The van der Waals surface area contributed by atoms with Crippen LogP contribution in [0.3, 0.4) is 0 Å². The van der Waals surface area contributed by atoms with Crippen molar-refractivity contribution in [3.63, 3.8) is 0 Å². The maximum absolute atomic E-state index is 10.7. The van der Waals surface area contributed by atoms with Crippen LogP contribution in [0.4, 0.5) is 0 Å². The van der Waals surface area contributed by atoms with Crippen molar-refractivity contribution in [1.29, 1.82) is 0 Å². The molecule has 0 aliphatic heterocycles. The van der Waals surface area contributed by atoms with Gasteiger partial charge in [0.25, 0.3) is 0 Å². The van der Waals surface area contributed by atoms with Crippen molar-refractivity contribution in [2.45, 2.75) is 0 Å². The Morgan fingerprint density at radius 1 is 1.67 bits per heavy atom. The van der Waals surface area contributed by atoms with Crippen molar-refractivity contribution in [3.05, 3.63) is 12.7 Å². The van der Waals surface area contributed by atoms with E-state index in [-0.39, 0.29) is 6.61 Å². The van der Waals surface area contributed by atoms with Crippen LogP contribution in [0.5, 0.6) is 0 Å². The third-order valence-electron chi connectivity index (χ3n) is 0.718. The Morgan fingerprint density at radius 2 is 2.25 bits per heavy atom. The minimum absolute atomic E-state index is 0.377. The largest absolute Gasteiger partial charge is 0.529 e. The summed E-state index contributed by atoms with van der Waals surface area (Å²) in [6.45, 7) is 2.20. The maximum Gasteiger partial charge on any atom is 0.529 e. The normalized spacial score (nSPS) is 14.8. The second-order valence-corrected chi connectivity index (χ2v) is 3.02. The molecule has 0 aliphatic carbocycles. The van der Waals surface area contributed by atoms with Crippen molar-refractivity contribution >= 4 is 13.8 Å². The van der Waals surface area contributed by atoms with Crippen LogP contribution in [0, 0.1) is 0 Å². The molecule has 1 unspecified atom stereocenters. The first kappa shape index (κ1) is 11.3. The first-order chi connectivity index (χ1) is 5.52. The molecule has 0 aromatic heterocycles. The van der Waals surface area contributed by atoms with Crippen molar-refractivity contribution in [1.82, 2.24) is 0 Å². The lowest BCUT2D eigenvalue weighted by Crippen LogP contribution is -2.03. The molecular formula is C5H9O6P. The molecule has 0 aromatic rings. The van der Waals surface area contributed by atoms with Gasteiger partial charge in [0.15, 0.2) is 0 Å². The van der Waals surface area contributed by atoms with E-state index in [1.165, 1.54) is 0 Å². The number of phosphoric acid groups is 1. The summed E-state index contributed by atoms with van der Waals surface area (Å²) in [5.41, 5.74) is 0. The van der Waals surface area contributed by atoms with E-state index in [0.29, 0.717) is 0 Å². The molecule has 7 heteroatoms. The average Bonchev–Trinajstić information content (AvgIpc) is 2.00. The van der Waals surface area contributed by atoms with E-state index in [4.69, 9.17) is 10.00 Å². The molecule has 0 saturated carbocycles. The standard InChI is InChI=1S/C5H9O6P/c1-2-5(7)11-12(8,9)10-4-3-6/h2,6H,1,3-4H2,(H,8,9). The first-order valence-electron chi connectivity index (χ1n) is 2.96. The third kappa shape index (κ3) is 5.03. The fraction of sp³-hybridized carbons (Fsp3) is 0.400. The molecule has 0 bridgehead atoms. The molecule has 6 nitrogen and oxygen atoms in total. The fourth-order valence-corrected chi connectivity index (χ4v) is 1.00. The van der Waals surface area contributed by atoms with Crippen LogP contribution in [0.15, 0.2) is 12.7 Å². The maximum atomic E-state index is 10.7. The Morgan fingerprint density at radius 3 is 2.67 bits per heavy atom. The van der Waals surface area contributed by atoms with Gasteiger partial charge in [-0.3, -0.25) is 9.42 Å². The lowest BCUT2D eigenvalue weighted by atomic mass is 10.7. The van der Waals surface area contributed by atoms with Crippen molar-refractivity contribution in [3.8, 4) is 0 Å². The third-order valence-corrected chi connectivity index (χ3v) is 1.64. The van der Waals surface area contributed by atoms with Crippen LogP contribution in [0.2, 0.25) is 0 Å². The van der Waals surface area contributed by atoms with Gasteiger partial charge in [0.05, 0.1) is 13.2 Å². The Hall–Kier alpha value is -0.680. The Kier molecular flexibility index (Phi) is 4.77. The summed E-state index contributed by atoms with van der Waals surface area (Å²) in [7, 11) is -4.36. The molecule has 0 aliphatic rings. The van der Waals surface area contributed by atoms with Gasteiger partial charge in [-0.15, -0.1) is 0 Å². The molecule has 1 atom stereocenters. The van der Waals surface area contributed by atoms with E-state index in [1.54, 1.807) is 0 Å². The van der Waals surface area contributed by atoms with E-state index in [9.17, 15) is 9.36 Å². The zero-order valence-corrected chi connectivity index (χ0v) is 7.07. The van der Waals surface area contributed by atoms with Gasteiger partial charge in [0, 0.05) is 6.08 Å². The van der Waals surface area contributed by atoms with E-state index >= 15 is 0 Å². The average molecular weight is 196 g/mol. The number of aliphatic hydroxyl groups excluding tert-OH is 1. The van der Waals surface area contributed by atoms with Gasteiger partial charge in [0.1, 0.15) is 0 Å². The minimum Gasteiger partial charge on any atom is -0.394 e. The van der Waals surface area contributed by atoms with Gasteiger partial charge in [-0.1, -0.05) is 6.58 Å². The lowest BCUT2D eigenvalue weighted by Gasteiger charge is -2.08. The molecular weight excluding hydrogens is 187 g/mol. The monoisotopic (exact) mass is 196 g/mol. The van der Waals surface area contributed by atoms with Crippen LogP contribution in [-0.2, 0) is 18.4 Å². The number of phosphoric ester groups is 1. The van der Waals surface area contributed by atoms with E-state index < -0.39 is 20.4 Å². The molecule has 0 fully saturated rings. The molecule has 0 spiro atoms. The van der Waals surface area contributed by atoms with E-state index in [1.807, 2.05) is 0 Å². The second-order valence-electron chi connectivity index (χ2n) is 1.64.